The first kappa shape index (κ1) is 11.8. The minimum absolute atomic E-state index is 0.0366. The summed E-state index contributed by atoms with van der Waals surface area (Å²) < 4.78 is 1.96. The highest BCUT2D eigenvalue weighted by Gasteiger charge is 2.22. The zero-order chi connectivity index (χ0) is 13.2. The number of carbonyl (C=O) groups is 1. The molecule has 1 aromatic heterocycles. The van der Waals surface area contributed by atoms with Crippen molar-refractivity contribution in [3.05, 3.63) is 60.1 Å². The summed E-state index contributed by atoms with van der Waals surface area (Å²) in [5, 5.41) is 9.92. The van der Waals surface area contributed by atoms with Crippen LogP contribution in [0.2, 0.25) is 0 Å². The van der Waals surface area contributed by atoms with Gasteiger partial charge in [0.05, 0.1) is 5.57 Å². The molecule has 0 atom stereocenters. The van der Waals surface area contributed by atoms with Crippen molar-refractivity contribution in [1.29, 1.82) is 0 Å². The van der Waals surface area contributed by atoms with E-state index in [1.807, 2.05) is 53.4 Å². The minimum atomic E-state index is 0.0366. The van der Waals surface area contributed by atoms with Crippen molar-refractivity contribution in [3.8, 4) is 5.69 Å². The van der Waals surface area contributed by atoms with Gasteiger partial charge in [0.25, 0.3) is 0 Å². The van der Waals surface area contributed by atoms with Gasteiger partial charge < -0.3 is 9.67 Å². The Morgan fingerprint density at radius 2 is 1.84 bits per heavy atom. The molecule has 0 fully saturated rings. The zero-order valence-electron chi connectivity index (χ0n) is 10.5. The van der Waals surface area contributed by atoms with Crippen LogP contribution in [-0.2, 0) is 4.79 Å². The van der Waals surface area contributed by atoms with Crippen LogP contribution in [0.5, 0.6) is 0 Å². The first-order valence-electron chi connectivity index (χ1n) is 6.45. The van der Waals surface area contributed by atoms with Gasteiger partial charge in [-0.1, -0.05) is 18.2 Å². The predicted molar refractivity (Wildman–Crippen MR) is 74.2 cm³/mol. The maximum atomic E-state index is 11.9. The Bertz CT molecular complexity index is 638. The summed E-state index contributed by atoms with van der Waals surface area (Å²) in [5.74, 6) is 0.261. The number of hydrogen-bond donors (Lipinski definition) is 1. The van der Waals surface area contributed by atoms with Crippen molar-refractivity contribution < 1.29 is 9.90 Å². The number of para-hydroxylation sites is 1. The topological polar surface area (TPSA) is 42.2 Å². The smallest absolute Gasteiger partial charge is 0.166 e. The maximum absolute atomic E-state index is 11.9. The molecule has 3 heteroatoms. The van der Waals surface area contributed by atoms with Crippen molar-refractivity contribution in [2.75, 3.05) is 0 Å². The molecule has 0 bridgehead atoms. The quantitative estimate of drug-likeness (QED) is 0.890. The number of aliphatic hydroxyl groups is 1. The van der Waals surface area contributed by atoms with Crippen molar-refractivity contribution in [2.45, 2.75) is 19.3 Å². The number of hydrogen-bond acceptors (Lipinski definition) is 2. The summed E-state index contributed by atoms with van der Waals surface area (Å²) in [6.07, 6.45) is 5.66. The normalized spacial score (nSPS) is 15.9. The molecule has 3 nitrogen and oxygen atoms in total. The van der Waals surface area contributed by atoms with Crippen LogP contribution < -0.4 is 0 Å². The Hall–Kier alpha value is -2.29. The Balaban J connectivity index is 2.00. The second-order valence-electron chi connectivity index (χ2n) is 4.74. The zero-order valence-corrected chi connectivity index (χ0v) is 10.5. The van der Waals surface area contributed by atoms with Crippen molar-refractivity contribution >= 4 is 11.4 Å². The van der Waals surface area contributed by atoms with Crippen LogP contribution in [0.3, 0.4) is 0 Å². The number of allylic oxidation sites excluding steroid dienone is 2. The van der Waals surface area contributed by atoms with Crippen molar-refractivity contribution in [3.63, 3.8) is 0 Å². The number of carbonyl (C=O) groups excluding carboxylic acids is 1. The Kier molecular flexibility index (Phi) is 2.95. The summed E-state index contributed by atoms with van der Waals surface area (Å²) in [5.41, 5.74) is 2.32. The van der Waals surface area contributed by atoms with E-state index in [-0.39, 0.29) is 11.5 Å². The number of aliphatic hydroxyl groups excluding tert-OH is 1. The van der Waals surface area contributed by atoms with E-state index >= 15 is 0 Å². The van der Waals surface area contributed by atoms with Crippen LogP contribution in [0.15, 0.2) is 54.6 Å². The summed E-state index contributed by atoms with van der Waals surface area (Å²) in [4.78, 5) is 11.9. The van der Waals surface area contributed by atoms with Gasteiger partial charge in [-0.2, -0.15) is 0 Å². The fraction of sp³-hybridized carbons (Fsp3) is 0.188. The second-order valence-corrected chi connectivity index (χ2v) is 4.74. The van der Waals surface area contributed by atoms with E-state index in [4.69, 9.17) is 0 Å². The fourth-order valence-corrected chi connectivity index (χ4v) is 2.46. The molecule has 0 aliphatic heterocycles. The minimum Gasteiger partial charge on any atom is -0.512 e. The molecule has 1 aromatic carbocycles. The third-order valence-electron chi connectivity index (χ3n) is 3.42. The number of ketones is 1. The van der Waals surface area contributed by atoms with Crippen molar-refractivity contribution in [2.24, 2.45) is 0 Å². The summed E-state index contributed by atoms with van der Waals surface area (Å²) in [6, 6.07) is 11.8. The predicted octanol–water partition coefficient (Wildman–Crippen LogP) is 3.50. The van der Waals surface area contributed by atoms with Crippen LogP contribution >= 0.6 is 0 Å². The first-order chi connectivity index (χ1) is 9.25. The lowest BCUT2D eigenvalue weighted by Gasteiger charge is -2.13. The highest BCUT2D eigenvalue weighted by atomic mass is 16.3. The summed E-state index contributed by atoms with van der Waals surface area (Å²) >= 11 is 0. The molecule has 0 amide bonds. The van der Waals surface area contributed by atoms with Gasteiger partial charge in [0.2, 0.25) is 0 Å². The molecular weight excluding hydrogens is 238 g/mol. The van der Waals surface area contributed by atoms with Gasteiger partial charge in [-0.3, -0.25) is 4.79 Å². The summed E-state index contributed by atoms with van der Waals surface area (Å²) in [6.45, 7) is 0. The molecular formula is C16H15NO2. The second kappa shape index (κ2) is 4.76. The molecule has 1 heterocycles. The van der Waals surface area contributed by atoms with Gasteiger partial charge in [0, 0.05) is 36.5 Å². The van der Waals surface area contributed by atoms with Gasteiger partial charge in [-0.25, -0.2) is 0 Å². The third kappa shape index (κ3) is 2.19. The Labute approximate surface area is 111 Å². The fourth-order valence-electron chi connectivity index (χ4n) is 2.46. The molecule has 0 saturated heterocycles. The van der Waals surface area contributed by atoms with Gasteiger partial charge in [-0.05, 0) is 24.6 Å². The summed E-state index contributed by atoms with van der Waals surface area (Å²) in [7, 11) is 0. The molecule has 96 valence electrons. The molecule has 0 saturated carbocycles. The maximum Gasteiger partial charge on any atom is 0.166 e. The van der Waals surface area contributed by atoms with Crippen LogP contribution in [0.1, 0.15) is 24.8 Å². The monoisotopic (exact) mass is 253 g/mol. The Morgan fingerprint density at radius 1 is 1.05 bits per heavy atom. The van der Waals surface area contributed by atoms with Gasteiger partial charge >= 0.3 is 0 Å². The van der Waals surface area contributed by atoms with Gasteiger partial charge in [-0.15, -0.1) is 0 Å². The SMILES string of the molecule is O=C1CCCC(O)=C1c1ccn(-c2ccccc2)c1. The van der Waals surface area contributed by atoms with E-state index in [9.17, 15) is 9.90 Å². The molecule has 0 unspecified atom stereocenters. The number of benzene rings is 1. The molecule has 1 aliphatic carbocycles. The number of Topliss-reactive ketones (excluding diaryl/α,β-unsaturated/α-hetero) is 1. The molecule has 2 aromatic rings. The average Bonchev–Trinajstić information content (AvgIpc) is 2.89. The van der Waals surface area contributed by atoms with Crippen LogP contribution in [0, 0.1) is 0 Å². The third-order valence-corrected chi connectivity index (χ3v) is 3.42. The van der Waals surface area contributed by atoms with Gasteiger partial charge in [0.15, 0.2) is 5.78 Å². The van der Waals surface area contributed by atoms with E-state index in [2.05, 4.69) is 0 Å². The lowest BCUT2D eigenvalue weighted by molar-refractivity contribution is -0.114. The first-order valence-corrected chi connectivity index (χ1v) is 6.45. The molecule has 0 radical (unpaired) electrons. The molecule has 19 heavy (non-hydrogen) atoms. The van der Waals surface area contributed by atoms with Crippen LogP contribution in [-0.4, -0.2) is 15.5 Å². The van der Waals surface area contributed by atoms with Crippen LogP contribution in [0.25, 0.3) is 11.3 Å². The molecule has 1 N–H and O–H groups in total. The van der Waals surface area contributed by atoms with E-state index < -0.39 is 0 Å². The number of nitrogens with zero attached hydrogens (tertiary/aromatic N) is 1. The lowest BCUT2D eigenvalue weighted by atomic mass is 9.92. The lowest BCUT2D eigenvalue weighted by Crippen LogP contribution is -2.10. The Morgan fingerprint density at radius 3 is 2.58 bits per heavy atom. The standard InChI is InChI=1S/C16H15NO2/c18-14-7-4-8-15(19)16(14)12-9-10-17(11-12)13-5-2-1-3-6-13/h1-3,5-6,9-11,18H,4,7-8H2. The van der Waals surface area contributed by atoms with Crippen LogP contribution in [0.4, 0.5) is 0 Å². The van der Waals surface area contributed by atoms with E-state index in [0.29, 0.717) is 18.4 Å². The molecule has 1 aliphatic rings. The van der Waals surface area contributed by atoms with E-state index in [1.165, 1.54) is 0 Å². The van der Waals surface area contributed by atoms with E-state index in [0.717, 1.165) is 17.7 Å². The highest BCUT2D eigenvalue weighted by molar-refractivity contribution is 6.21. The number of rotatable bonds is 2. The molecule has 0 spiro atoms. The number of aromatic nitrogens is 1. The van der Waals surface area contributed by atoms with Crippen molar-refractivity contribution in [1.82, 2.24) is 4.57 Å². The van der Waals surface area contributed by atoms with Gasteiger partial charge in [0.1, 0.15) is 5.76 Å². The van der Waals surface area contributed by atoms with E-state index in [1.54, 1.807) is 0 Å². The highest BCUT2D eigenvalue weighted by Crippen LogP contribution is 2.29. The molecule has 3 rings (SSSR count). The largest absolute Gasteiger partial charge is 0.512 e. The average molecular weight is 253 g/mol.